The number of fused-ring (bicyclic) bond motifs is 1. The largest absolute Gasteiger partial charge is 0.385 e. The molecule has 0 bridgehead atoms. The molecule has 2 fully saturated rings. The average molecular weight is 517 g/mol. The van der Waals surface area contributed by atoms with Crippen molar-refractivity contribution in [1.29, 1.82) is 5.26 Å². The van der Waals surface area contributed by atoms with Crippen LogP contribution in [0.25, 0.3) is 10.9 Å². The van der Waals surface area contributed by atoms with Gasteiger partial charge in [0.05, 0.1) is 12.3 Å². The number of nitrogens with one attached hydrogen (secondary N) is 3. The molecule has 2 aromatic heterocycles. The summed E-state index contributed by atoms with van der Waals surface area (Å²) in [6.07, 6.45) is 4.95. The number of benzene rings is 1. The second-order valence-electron chi connectivity index (χ2n) is 9.76. The Labute approximate surface area is 219 Å². The van der Waals surface area contributed by atoms with Gasteiger partial charge < -0.3 is 16.0 Å². The Morgan fingerprint density at radius 3 is 2.55 bits per heavy atom. The van der Waals surface area contributed by atoms with Crippen molar-refractivity contribution in [3.8, 4) is 6.07 Å². The van der Waals surface area contributed by atoms with Crippen LogP contribution in [0.1, 0.15) is 31.2 Å². The fourth-order valence-electron chi connectivity index (χ4n) is 5.07. The first-order valence-electron chi connectivity index (χ1n) is 12.8. The van der Waals surface area contributed by atoms with E-state index in [4.69, 9.17) is 16.6 Å². The summed E-state index contributed by atoms with van der Waals surface area (Å²) in [5.74, 6) is 7.05. The number of nitrogens with zero attached hydrogens (tertiary/aromatic N) is 7. The van der Waals surface area contributed by atoms with Gasteiger partial charge in [-0.2, -0.15) is 20.4 Å². The smallest absolute Gasteiger partial charge is 0.277 e. The summed E-state index contributed by atoms with van der Waals surface area (Å²) in [6.45, 7) is 4.08. The molecule has 0 amide bonds. The molecule has 0 aliphatic carbocycles. The molecule has 5 rings (SSSR count). The lowest BCUT2D eigenvalue weighted by Crippen LogP contribution is -2.39. The highest BCUT2D eigenvalue weighted by Gasteiger charge is 2.24. The molecule has 0 saturated carbocycles. The number of hydrazine groups is 1. The molecule has 13 nitrogen and oxygen atoms in total. The van der Waals surface area contributed by atoms with Gasteiger partial charge in [0.15, 0.2) is 0 Å². The molecule has 38 heavy (non-hydrogen) atoms. The van der Waals surface area contributed by atoms with E-state index in [0.717, 1.165) is 51.0 Å². The van der Waals surface area contributed by atoms with Crippen LogP contribution in [0.15, 0.2) is 40.4 Å². The topological polar surface area (TPSA) is 190 Å². The Bertz CT molecular complexity index is 1380. The fourth-order valence-corrected chi connectivity index (χ4v) is 5.07. The minimum absolute atomic E-state index is 0.0548. The van der Waals surface area contributed by atoms with Crippen molar-refractivity contribution in [2.45, 2.75) is 32.2 Å². The van der Waals surface area contributed by atoms with Crippen molar-refractivity contribution in [3.63, 3.8) is 0 Å². The second kappa shape index (κ2) is 11.4. The molecule has 2 aliphatic rings. The van der Waals surface area contributed by atoms with E-state index in [9.17, 15) is 10.1 Å². The lowest BCUT2D eigenvalue weighted by atomic mass is 9.95. The van der Waals surface area contributed by atoms with Crippen LogP contribution < -0.4 is 32.9 Å². The van der Waals surface area contributed by atoms with Crippen LogP contribution in [0.3, 0.4) is 0 Å². The first-order chi connectivity index (χ1) is 18.5. The predicted molar refractivity (Wildman–Crippen MR) is 145 cm³/mol. The van der Waals surface area contributed by atoms with E-state index in [1.807, 2.05) is 12.1 Å². The fraction of sp³-hybridized carbons (Fsp3) is 0.440. The zero-order chi connectivity index (χ0) is 26.5. The number of likely N-dealkylation sites (tertiary alicyclic amines) is 1. The van der Waals surface area contributed by atoms with Gasteiger partial charge in [-0.25, -0.2) is 21.5 Å². The third-order valence-electron chi connectivity index (χ3n) is 7.29. The predicted octanol–water partition coefficient (Wildman–Crippen LogP) is 1.14. The van der Waals surface area contributed by atoms with Crippen LogP contribution in [0.5, 0.6) is 0 Å². The molecule has 0 unspecified atom stereocenters. The number of rotatable bonds is 7. The van der Waals surface area contributed by atoms with Crippen molar-refractivity contribution >= 4 is 34.2 Å². The monoisotopic (exact) mass is 516 g/mol. The summed E-state index contributed by atoms with van der Waals surface area (Å²) in [5, 5.41) is 23.2. The summed E-state index contributed by atoms with van der Waals surface area (Å²) < 4.78 is 0. The van der Waals surface area contributed by atoms with Crippen molar-refractivity contribution in [1.82, 2.24) is 30.6 Å². The van der Waals surface area contributed by atoms with E-state index < -0.39 is 0 Å². The summed E-state index contributed by atoms with van der Waals surface area (Å²) in [7, 11) is 0. The number of aromatic amines is 1. The summed E-state index contributed by atoms with van der Waals surface area (Å²) in [5.41, 5.74) is 10.4. The average Bonchev–Trinajstić information content (AvgIpc) is 2.94. The number of aromatic nitrogens is 4. The van der Waals surface area contributed by atoms with Gasteiger partial charge in [0.2, 0.25) is 5.95 Å². The molecule has 3 aromatic rings. The molecule has 2 aliphatic heterocycles. The number of hydrogen-bond acceptors (Lipinski definition) is 11. The number of piperidine rings is 2. The van der Waals surface area contributed by atoms with Gasteiger partial charge in [-0.1, -0.05) is 12.1 Å². The molecule has 0 spiro atoms. The van der Waals surface area contributed by atoms with Crippen LogP contribution in [-0.4, -0.2) is 57.1 Å². The molecule has 1 aromatic carbocycles. The third kappa shape index (κ3) is 5.66. The van der Waals surface area contributed by atoms with Gasteiger partial charge in [0, 0.05) is 37.2 Å². The van der Waals surface area contributed by atoms with Gasteiger partial charge in [-0.05, 0) is 56.5 Å². The van der Waals surface area contributed by atoms with Crippen LogP contribution >= 0.6 is 0 Å². The Hall–Kier alpha value is -4.28. The molecular formula is C25H32N12O. The zero-order valence-corrected chi connectivity index (χ0v) is 21.1. The first-order valence-corrected chi connectivity index (χ1v) is 12.8. The SMILES string of the molecule is N#CC1CCN(c2nc(Nc3ccc(CN4CCC(/C(N)=N/NN)CC4)cc3)c3c(=O)[nH]ncc3n2)CC1. The Morgan fingerprint density at radius 1 is 1.13 bits per heavy atom. The second-order valence-corrected chi connectivity index (χ2v) is 9.76. The summed E-state index contributed by atoms with van der Waals surface area (Å²) >= 11 is 0. The minimum atomic E-state index is -0.354. The van der Waals surface area contributed by atoms with Crippen molar-refractivity contribution in [2.24, 2.45) is 28.5 Å². The number of hydrazone groups is 1. The van der Waals surface area contributed by atoms with Gasteiger partial charge >= 0.3 is 0 Å². The maximum absolute atomic E-state index is 12.6. The van der Waals surface area contributed by atoms with Gasteiger partial charge in [-0.3, -0.25) is 9.69 Å². The van der Waals surface area contributed by atoms with E-state index in [-0.39, 0.29) is 17.4 Å². The highest BCUT2D eigenvalue weighted by Crippen LogP contribution is 2.27. The Balaban J connectivity index is 1.29. The zero-order valence-electron chi connectivity index (χ0n) is 21.1. The normalized spacial score (nSPS) is 17.9. The van der Waals surface area contributed by atoms with Crippen molar-refractivity contribution < 1.29 is 0 Å². The third-order valence-corrected chi connectivity index (χ3v) is 7.29. The van der Waals surface area contributed by atoms with Crippen molar-refractivity contribution in [3.05, 3.63) is 46.4 Å². The molecule has 0 atom stereocenters. The number of H-pyrrole nitrogens is 1. The maximum Gasteiger partial charge on any atom is 0.277 e. The summed E-state index contributed by atoms with van der Waals surface area (Å²) in [4.78, 5) is 26.4. The highest BCUT2D eigenvalue weighted by atomic mass is 16.1. The van der Waals surface area contributed by atoms with Crippen LogP contribution in [0, 0.1) is 23.2 Å². The molecule has 2 saturated heterocycles. The maximum atomic E-state index is 12.6. The van der Waals surface area contributed by atoms with Gasteiger partial charge in [0.1, 0.15) is 22.6 Å². The first kappa shape index (κ1) is 25.4. The standard InChI is InChI=1S/C25H32N12O/c26-13-16-5-11-37(12-6-16)25-31-20-14-29-34-24(38)21(20)23(32-25)30-19-3-1-17(2-4-19)15-36-9-7-18(8-10-36)22(27)33-35-28/h1-4,14,16,18,35H,5-12,15,28H2,(H2,27,33)(H,34,38)(H,30,31,32). The summed E-state index contributed by atoms with van der Waals surface area (Å²) in [6, 6.07) is 10.5. The van der Waals surface area contributed by atoms with E-state index >= 15 is 0 Å². The minimum Gasteiger partial charge on any atom is -0.385 e. The Kier molecular flexibility index (Phi) is 7.62. The number of nitrogens with two attached hydrogens (primary N) is 2. The lowest BCUT2D eigenvalue weighted by Gasteiger charge is -2.31. The number of amidine groups is 1. The van der Waals surface area contributed by atoms with E-state index in [1.165, 1.54) is 11.8 Å². The number of nitriles is 1. The Morgan fingerprint density at radius 2 is 1.87 bits per heavy atom. The molecule has 4 heterocycles. The molecule has 0 radical (unpaired) electrons. The molecule has 13 heteroatoms. The van der Waals surface area contributed by atoms with Crippen LogP contribution in [0.2, 0.25) is 0 Å². The van der Waals surface area contributed by atoms with Gasteiger partial charge in [-0.15, -0.1) is 0 Å². The molecule has 198 valence electrons. The lowest BCUT2D eigenvalue weighted by molar-refractivity contribution is 0.201. The van der Waals surface area contributed by atoms with Crippen LogP contribution in [0.4, 0.5) is 17.5 Å². The molecule has 7 N–H and O–H groups in total. The highest BCUT2D eigenvalue weighted by molar-refractivity contribution is 5.90. The van der Waals surface area contributed by atoms with E-state index in [0.29, 0.717) is 41.6 Å². The molecular weight excluding hydrogens is 484 g/mol. The van der Waals surface area contributed by atoms with Gasteiger partial charge in [0.25, 0.3) is 5.56 Å². The van der Waals surface area contributed by atoms with E-state index in [1.54, 1.807) is 0 Å². The quantitative estimate of drug-likeness (QED) is 0.131. The van der Waals surface area contributed by atoms with Crippen molar-refractivity contribution in [2.75, 3.05) is 36.4 Å². The number of anilines is 3. The number of hydrogen-bond donors (Lipinski definition) is 5. The van der Waals surface area contributed by atoms with E-state index in [2.05, 4.69) is 59.1 Å². The van der Waals surface area contributed by atoms with Crippen LogP contribution in [-0.2, 0) is 6.54 Å².